The lowest BCUT2D eigenvalue weighted by Gasteiger charge is -2.13. The highest BCUT2D eigenvalue weighted by molar-refractivity contribution is 6.05. The van der Waals surface area contributed by atoms with E-state index in [0.29, 0.717) is 5.56 Å². The van der Waals surface area contributed by atoms with E-state index >= 15 is 0 Å². The van der Waals surface area contributed by atoms with E-state index in [9.17, 15) is 4.79 Å². The second-order valence-corrected chi connectivity index (χ2v) is 6.23. The lowest BCUT2D eigenvalue weighted by molar-refractivity contribution is 0.102. The van der Waals surface area contributed by atoms with Crippen LogP contribution in [0.3, 0.4) is 0 Å². The standard InChI is InChI=1S/C19H26N4O/c1-14-7-5-8-15(2)18(14)22-19(24)16-9-11-21-17(13-16)20-10-6-12-23(3)4/h5,7-9,11,13H,6,10,12H2,1-4H3,(H,20,21)(H,22,24). The maximum absolute atomic E-state index is 12.5. The molecule has 24 heavy (non-hydrogen) atoms. The Kier molecular flexibility index (Phi) is 6.32. The van der Waals surface area contributed by atoms with E-state index in [-0.39, 0.29) is 5.91 Å². The first kappa shape index (κ1) is 17.9. The predicted octanol–water partition coefficient (Wildman–Crippen LogP) is 3.31. The molecule has 0 unspecified atom stereocenters. The number of pyridine rings is 1. The van der Waals surface area contributed by atoms with Crippen LogP contribution in [-0.2, 0) is 0 Å². The molecule has 0 atom stereocenters. The van der Waals surface area contributed by atoms with Crippen LogP contribution in [0.15, 0.2) is 36.5 Å². The summed E-state index contributed by atoms with van der Waals surface area (Å²) in [5.74, 6) is 0.606. The molecular formula is C19H26N4O. The summed E-state index contributed by atoms with van der Waals surface area (Å²) in [5.41, 5.74) is 3.58. The van der Waals surface area contributed by atoms with Gasteiger partial charge in [0.05, 0.1) is 0 Å². The van der Waals surface area contributed by atoms with Crippen LogP contribution in [0.4, 0.5) is 11.5 Å². The Labute approximate surface area is 144 Å². The van der Waals surface area contributed by atoms with Gasteiger partial charge < -0.3 is 15.5 Å². The van der Waals surface area contributed by atoms with Gasteiger partial charge in [0, 0.05) is 24.0 Å². The Hall–Kier alpha value is -2.40. The van der Waals surface area contributed by atoms with Crippen LogP contribution in [0.2, 0.25) is 0 Å². The van der Waals surface area contributed by atoms with E-state index in [4.69, 9.17) is 0 Å². The van der Waals surface area contributed by atoms with Crippen LogP contribution in [0.1, 0.15) is 27.9 Å². The van der Waals surface area contributed by atoms with Crippen LogP contribution in [-0.4, -0.2) is 43.0 Å². The molecule has 1 heterocycles. The largest absolute Gasteiger partial charge is 0.370 e. The second kappa shape index (κ2) is 8.45. The molecule has 5 nitrogen and oxygen atoms in total. The summed E-state index contributed by atoms with van der Waals surface area (Å²) >= 11 is 0. The highest BCUT2D eigenvalue weighted by Gasteiger charge is 2.10. The predicted molar refractivity (Wildman–Crippen MR) is 99.8 cm³/mol. The van der Waals surface area contributed by atoms with Gasteiger partial charge >= 0.3 is 0 Å². The fourth-order valence-electron chi connectivity index (χ4n) is 2.48. The van der Waals surface area contributed by atoms with Crippen molar-refractivity contribution in [1.29, 1.82) is 0 Å². The minimum atomic E-state index is -0.119. The van der Waals surface area contributed by atoms with E-state index in [1.165, 1.54) is 0 Å². The van der Waals surface area contributed by atoms with Gasteiger partial charge in [-0.05, 0) is 64.2 Å². The highest BCUT2D eigenvalue weighted by atomic mass is 16.1. The van der Waals surface area contributed by atoms with Gasteiger partial charge in [0.1, 0.15) is 5.82 Å². The average Bonchev–Trinajstić information content (AvgIpc) is 2.55. The van der Waals surface area contributed by atoms with E-state index in [1.807, 2.05) is 32.0 Å². The van der Waals surface area contributed by atoms with E-state index in [1.54, 1.807) is 18.3 Å². The second-order valence-electron chi connectivity index (χ2n) is 6.23. The van der Waals surface area contributed by atoms with Crippen LogP contribution < -0.4 is 10.6 Å². The number of nitrogens with one attached hydrogen (secondary N) is 2. The third-order valence-electron chi connectivity index (χ3n) is 3.83. The summed E-state index contributed by atoms with van der Waals surface area (Å²) < 4.78 is 0. The lowest BCUT2D eigenvalue weighted by atomic mass is 10.1. The van der Waals surface area contributed by atoms with Crippen molar-refractivity contribution >= 4 is 17.4 Å². The van der Waals surface area contributed by atoms with Crippen molar-refractivity contribution in [3.8, 4) is 0 Å². The van der Waals surface area contributed by atoms with Crippen molar-refractivity contribution in [3.05, 3.63) is 53.2 Å². The summed E-state index contributed by atoms with van der Waals surface area (Å²) in [5, 5.41) is 6.27. The number of amides is 1. The number of hydrogen-bond acceptors (Lipinski definition) is 4. The number of rotatable bonds is 7. The van der Waals surface area contributed by atoms with Gasteiger partial charge in [-0.15, -0.1) is 0 Å². The topological polar surface area (TPSA) is 57.3 Å². The molecular weight excluding hydrogens is 300 g/mol. The summed E-state index contributed by atoms with van der Waals surface area (Å²) in [4.78, 5) is 18.9. The number of carbonyl (C=O) groups excluding carboxylic acids is 1. The maximum Gasteiger partial charge on any atom is 0.255 e. The number of carbonyl (C=O) groups is 1. The fraction of sp³-hybridized carbons (Fsp3) is 0.368. The monoisotopic (exact) mass is 326 g/mol. The van der Waals surface area contributed by atoms with Gasteiger partial charge in [0.15, 0.2) is 0 Å². The molecule has 1 amide bonds. The van der Waals surface area contributed by atoms with Crippen LogP contribution in [0.25, 0.3) is 0 Å². The minimum Gasteiger partial charge on any atom is -0.370 e. The quantitative estimate of drug-likeness (QED) is 0.767. The molecule has 0 fully saturated rings. The van der Waals surface area contributed by atoms with Crippen molar-refractivity contribution in [1.82, 2.24) is 9.88 Å². The van der Waals surface area contributed by atoms with Gasteiger partial charge in [0.2, 0.25) is 0 Å². The maximum atomic E-state index is 12.5. The molecule has 0 saturated carbocycles. The number of para-hydroxylation sites is 1. The molecule has 2 aromatic rings. The average molecular weight is 326 g/mol. The molecule has 0 bridgehead atoms. The lowest BCUT2D eigenvalue weighted by Crippen LogP contribution is -2.17. The molecule has 0 aliphatic carbocycles. The first-order valence-electron chi connectivity index (χ1n) is 8.19. The zero-order valence-corrected chi connectivity index (χ0v) is 14.9. The molecule has 0 aliphatic rings. The van der Waals surface area contributed by atoms with Crippen LogP contribution in [0, 0.1) is 13.8 Å². The van der Waals surface area contributed by atoms with E-state index in [2.05, 4.69) is 34.6 Å². The third kappa shape index (κ3) is 5.06. The van der Waals surface area contributed by atoms with Crippen LogP contribution >= 0.6 is 0 Å². The first-order valence-corrected chi connectivity index (χ1v) is 8.19. The summed E-state index contributed by atoms with van der Waals surface area (Å²) in [6.45, 7) is 5.83. The Morgan fingerprint density at radius 1 is 1.17 bits per heavy atom. The molecule has 0 saturated heterocycles. The van der Waals surface area contributed by atoms with Crippen molar-refractivity contribution < 1.29 is 4.79 Å². The number of hydrogen-bond donors (Lipinski definition) is 2. The van der Waals surface area contributed by atoms with Crippen molar-refractivity contribution in [3.63, 3.8) is 0 Å². The van der Waals surface area contributed by atoms with Gasteiger partial charge in [0.25, 0.3) is 5.91 Å². The minimum absolute atomic E-state index is 0.119. The SMILES string of the molecule is Cc1cccc(C)c1NC(=O)c1ccnc(NCCCN(C)C)c1. The number of aryl methyl sites for hydroxylation is 2. The van der Waals surface area contributed by atoms with Crippen molar-refractivity contribution in [2.75, 3.05) is 37.8 Å². The molecule has 0 spiro atoms. The van der Waals surface area contributed by atoms with Gasteiger partial charge in [-0.2, -0.15) is 0 Å². The zero-order chi connectivity index (χ0) is 17.5. The van der Waals surface area contributed by atoms with Gasteiger partial charge in [-0.1, -0.05) is 18.2 Å². The fourth-order valence-corrected chi connectivity index (χ4v) is 2.48. The molecule has 1 aromatic heterocycles. The van der Waals surface area contributed by atoms with E-state index < -0.39 is 0 Å². The first-order chi connectivity index (χ1) is 11.5. The van der Waals surface area contributed by atoms with Crippen molar-refractivity contribution in [2.45, 2.75) is 20.3 Å². The Morgan fingerprint density at radius 3 is 2.54 bits per heavy atom. The third-order valence-corrected chi connectivity index (χ3v) is 3.83. The number of benzene rings is 1. The Balaban J connectivity index is 2.01. The normalized spacial score (nSPS) is 10.7. The number of aromatic nitrogens is 1. The molecule has 0 aliphatic heterocycles. The molecule has 5 heteroatoms. The molecule has 2 rings (SSSR count). The van der Waals surface area contributed by atoms with Crippen LogP contribution in [0.5, 0.6) is 0 Å². The summed E-state index contributed by atoms with van der Waals surface area (Å²) in [7, 11) is 4.10. The molecule has 0 radical (unpaired) electrons. The van der Waals surface area contributed by atoms with Crippen molar-refractivity contribution in [2.24, 2.45) is 0 Å². The summed E-state index contributed by atoms with van der Waals surface area (Å²) in [6.07, 6.45) is 2.68. The molecule has 1 aromatic carbocycles. The Morgan fingerprint density at radius 2 is 1.88 bits per heavy atom. The molecule has 128 valence electrons. The zero-order valence-electron chi connectivity index (χ0n) is 14.9. The summed E-state index contributed by atoms with van der Waals surface area (Å²) in [6, 6.07) is 9.49. The van der Waals surface area contributed by atoms with Gasteiger partial charge in [-0.25, -0.2) is 4.98 Å². The molecule has 2 N–H and O–H groups in total. The van der Waals surface area contributed by atoms with E-state index in [0.717, 1.165) is 42.1 Å². The highest BCUT2D eigenvalue weighted by Crippen LogP contribution is 2.20. The smallest absolute Gasteiger partial charge is 0.255 e. The Bertz CT molecular complexity index is 677. The van der Waals surface area contributed by atoms with Gasteiger partial charge in [-0.3, -0.25) is 4.79 Å². The number of anilines is 2. The number of nitrogens with zero attached hydrogens (tertiary/aromatic N) is 2.